The third-order valence-electron chi connectivity index (χ3n) is 3.68. The van der Waals surface area contributed by atoms with Crippen molar-refractivity contribution in [2.24, 2.45) is 0 Å². The van der Waals surface area contributed by atoms with Crippen molar-refractivity contribution in [1.29, 1.82) is 0 Å². The fraction of sp³-hybridized carbons (Fsp3) is 0.571. The monoisotopic (exact) mass is 362 g/mol. The van der Waals surface area contributed by atoms with E-state index in [9.17, 15) is 26.3 Å². The van der Waals surface area contributed by atoms with E-state index in [1.165, 1.54) is 0 Å². The summed E-state index contributed by atoms with van der Waals surface area (Å²) >= 11 is 0. The minimum Gasteiger partial charge on any atom is -0.314 e. The van der Waals surface area contributed by atoms with Crippen molar-refractivity contribution in [3.63, 3.8) is 0 Å². The van der Waals surface area contributed by atoms with Crippen LogP contribution in [0.5, 0.6) is 0 Å². The summed E-state index contributed by atoms with van der Waals surface area (Å²) in [5, 5.41) is 3.05. The van der Waals surface area contributed by atoms with E-state index in [0.717, 1.165) is 12.1 Å². The maximum absolute atomic E-state index is 13.4. The Bertz CT molecular complexity index is 493. The summed E-state index contributed by atoms with van der Waals surface area (Å²) in [7, 11) is 0. The summed E-state index contributed by atoms with van der Waals surface area (Å²) in [6.07, 6.45) is -5.75. The van der Waals surface area contributed by atoms with Crippen molar-refractivity contribution >= 4 is 12.4 Å². The van der Waals surface area contributed by atoms with Crippen LogP contribution < -0.4 is 5.32 Å². The lowest BCUT2D eigenvalue weighted by molar-refractivity contribution is -0.138. The van der Waals surface area contributed by atoms with Crippen molar-refractivity contribution in [2.75, 3.05) is 26.2 Å². The fourth-order valence-electron chi connectivity index (χ4n) is 2.62. The van der Waals surface area contributed by atoms with Crippen LogP contribution in [0.2, 0.25) is 0 Å². The molecular formula is C14H17ClF6N2. The van der Waals surface area contributed by atoms with Crippen molar-refractivity contribution in [2.45, 2.75) is 25.1 Å². The topological polar surface area (TPSA) is 15.3 Å². The zero-order chi connectivity index (χ0) is 16.3. The average molecular weight is 363 g/mol. The van der Waals surface area contributed by atoms with Gasteiger partial charge in [-0.1, -0.05) is 0 Å². The molecule has 1 heterocycles. The van der Waals surface area contributed by atoms with Crippen LogP contribution >= 0.6 is 12.4 Å². The number of piperazine rings is 1. The number of halogens is 7. The maximum Gasteiger partial charge on any atom is 0.389 e. The minimum atomic E-state index is -4.36. The first-order valence-electron chi connectivity index (χ1n) is 6.94. The molecule has 0 aliphatic carbocycles. The van der Waals surface area contributed by atoms with E-state index >= 15 is 0 Å². The number of alkyl halides is 3. The second-order valence-corrected chi connectivity index (χ2v) is 5.25. The molecule has 2 nitrogen and oxygen atoms in total. The molecule has 0 saturated carbocycles. The van der Waals surface area contributed by atoms with Gasteiger partial charge < -0.3 is 5.32 Å². The third-order valence-corrected chi connectivity index (χ3v) is 3.68. The number of hydrogen-bond acceptors (Lipinski definition) is 2. The average Bonchev–Trinajstić information content (AvgIpc) is 2.45. The predicted molar refractivity (Wildman–Crippen MR) is 76.0 cm³/mol. The van der Waals surface area contributed by atoms with Gasteiger partial charge in [-0.15, -0.1) is 12.4 Å². The summed E-state index contributed by atoms with van der Waals surface area (Å²) in [5.41, 5.74) is 0.0301. The molecule has 1 aliphatic heterocycles. The number of rotatable bonds is 4. The lowest BCUT2D eigenvalue weighted by Gasteiger charge is -2.35. The van der Waals surface area contributed by atoms with Gasteiger partial charge in [-0.25, -0.2) is 13.2 Å². The first-order chi connectivity index (χ1) is 10.3. The van der Waals surface area contributed by atoms with E-state index in [0.29, 0.717) is 26.2 Å². The number of nitrogens with one attached hydrogen (secondary N) is 1. The van der Waals surface area contributed by atoms with Gasteiger partial charge in [0.15, 0.2) is 17.5 Å². The Kier molecular flexibility index (Phi) is 7.16. The van der Waals surface area contributed by atoms with Gasteiger partial charge >= 0.3 is 6.18 Å². The van der Waals surface area contributed by atoms with Crippen LogP contribution in [0, 0.1) is 17.5 Å². The Morgan fingerprint density at radius 2 is 1.57 bits per heavy atom. The van der Waals surface area contributed by atoms with Crippen molar-refractivity contribution in [3.8, 4) is 0 Å². The normalized spacial score (nSPS) is 17.7. The van der Waals surface area contributed by atoms with E-state index in [4.69, 9.17) is 0 Å². The lowest BCUT2D eigenvalue weighted by atomic mass is 9.98. The molecule has 1 aliphatic rings. The quantitative estimate of drug-likeness (QED) is 0.647. The second kappa shape index (κ2) is 8.21. The predicted octanol–water partition coefficient (Wildman–Crippen LogP) is 3.81. The van der Waals surface area contributed by atoms with E-state index in [1.54, 1.807) is 4.90 Å². The molecule has 1 N–H and O–H groups in total. The van der Waals surface area contributed by atoms with Crippen molar-refractivity contribution < 1.29 is 26.3 Å². The standard InChI is InChI=1S/C14H16F6N2.ClH/c15-10-7-9(8-11(16)13(10)17)12(1-2-14(18,19)20)22-5-3-21-4-6-22;/h7-8,12,21H,1-6H2;1H/t12-;/m1./s1. The Balaban J connectivity index is 0.00000264. The molecule has 2 rings (SSSR count). The highest BCUT2D eigenvalue weighted by atomic mass is 35.5. The highest BCUT2D eigenvalue weighted by molar-refractivity contribution is 5.85. The van der Waals surface area contributed by atoms with E-state index in [2.05, 4.69) is 5.32 Å². The summed E-state index contributed by atoms with van der Waals surface area (Å²) in [6, 6.07) is 0.761. The molecule has 0 bridgehead atoms. The Morgan fingerprint density at radius 1 is 1.04 bits per heavy atom. The molecule has 23 heavy (non-hydrogen) atoms. The molecule has 1 atom stereocenters. The number of hydrogen-bond donors (Lipinski definition) is 1. The number of benzene rings is 1. The molecule has 132 valence electrons. The molecule has 0 amide bonds. The SMILES string of the molecule is Cl.Fc1cc([C@@H](CCC(F)(F)F)N2CCNCC2)cc(F)c1F. The molecule has 1 fully saturated rings. The van der Waals surface area contributed by atoms with Crippen molar-refractivity contribution in [1.82, 2.24) is 10.2 Å². The van der Waals surface area contributed by atoms with E-state index in [1.807, 2.05) is 0 Å². The van der Waals surface area contributed by atoms with Crippen LogP contribution in [0.1, 0.15) is 24.4 Å². The van der Waals surface area contributed by atoms with Gasteiger partial charge in [-0.05, 0) is 24.1 Å². The van der Waals surface area contributed by atoms with Crippen LogP contribution in [0.3, 0.4) is 0 Å². The van der Waals surface area contributed by atoms with E-state index < -0.39 is 36.1 Å². The summed E-state index contributed by atoms with van der Waals surface area (Å²) in [6.45, 7) is 2.08. The van der Waals surface area contributed by atoms with Gasteiger partial charge in [0.1, 0.15) is 0 Å². The third kappa shape index (κ3) is 5.54. The molecule has 1 saturated heterocycles. The van der Waals surface area contributed by atoms with Crippen LogP contribution in [-0.4, -0.2) is 37.3 Å². The largest absolute Gasteiger partial charge is 0.389 e. The van der Waals surface area contributed by atoms with Gasteiger partial charge in [-0.3, -0.25) is 4.90 Å². The molecule has 0 aromatic heterocycles. The van der Waals surface area contributed by atoms with Gasteiger partial charge in [0, 0.05) is 38.6 Å². The molecule has 9 heteroatoms. The number of nitrogens with zero attached hydrogens (tertiary/aromatic N) is 1. The first-order valence-corrected chi connectivity index (χ1v) is 6.94. The minimum absolute atomic E-state index is 0. The molecule has 0 radical (unpaired) electrons. The molecule has 1 aromatic carbocycles. The highest BCUT2D eigenvalue weighted by Crippen LogP contribution is 2.32. The molecular weight excluding hydrogens is 346 g/mol. The van der Waals surface area contributed by atoms with Gasteiger partial charge in [0.2, 0.25) is 0 Å². The van der Waals surface area contributed by atoms with Gasteiger partial charge in [0.25, 0.3) is 0 Å². The smallest absolute Gasteiger partial charge is 0.314 e. The Hall–Kier alpha value is -0.990. The fourth-order valence-corrected chi connectivity index (χ4v) is 2.62. The van der Waals surface area contributed by atoms with Crippen LogP contribution in [0.15, 0.2) is 12.1 Å². The summed E-state index contributed by atoms with van der Waals surface area (Å²) in [5.74, 6) is -4.39. The zero-order valence-corrected chi connectivity index (χ0v) is 12.9. The summed E-state index contributed by atoms with van der Waals surface area (Å²) < 4.78 is 77.2. The van der Waals surface area contributed by atoms with Crippen LogP contribution in [0.4, 0.5) is 26.3 Å². The van der Waals surface area contributed by atoms with Crippen LogP contribution in [-0.2, 0) is 0 Å². The summed E-state index contributed by atoms with van der Waals surface area (Å²) in [4.78, 5) is 1.73. The van der Waals surface area contributed by atoms with Crippen LogP contribution in [0.25, 0.3) is 0 Å². The second-order valence-electron chi connectivity index (χ2n) is 5.25. The Labute approximate surface area is 136 Å². The zero-order valence-electron chi connectivity index (χ0n) is 12.1. The van der Waals surface area contributed by atoms with Gasteiger partial charge in [0.05, 0.1) is 0 Å². The maximum atomic E-state index is 13.4. The van der Waals surface area contributed by atoms with E-state index in [-0.39, 0.29) is 24.4 Å². The Morgan fingerprint density at radius 3 is 2.04 bits per heavy atom. The molecule has 1 aromatic rings. The first kappa shape index (κ1) is 20.1. The molecule has 0 unspecified atom stereocenters. The highest BCUT2D eigenvalue weighted by Gasteiger charge is 2.32. The van der Waals surface area contributed by atoms with Crippen molar-refractivity contribution in [3.05, 3.63) is 35.1 Å². The molecule has 0 spiro atoms. The van der Waals surface area contributed by atoms with Gasteiger partial charge in [-0.2, -0.15) is 13.2 Å². The lowest BCUT2D eigenvalue weighted by Crippen LogP contribution is -2.45.